The molecule has 0 aliphatic carbocycles. The quantitative estimate of drug-likeness (QED) is 0.370. The Hall–Kier alpha value is -3.91. The Morgan fingerprint density at radius 1 is 1.00 bits per heavy atom. The van der Waals surface area contributed by atoms with Crippen molar-refractivity contribution in [3.8, 4) is 5.75 Å². The minimum atomic E-state index is 0.537. The minimum Gasteiger partial charge on any atom is -0.496 e. The Kier molecular flexibility index (Phi) is 5.91. The summed E-state index contributed by atoms with van der Waals surface area (Å²) in [5.74, 6) is 1.45. The van der Waals surface area contributed by atoms with Crippen LogP contribution in [0.15, 0.2) is 73.4 Å². The fraction of sp³-hybridized carbons (Fsp3) is 0.167. The van der Waals surface area contributed by atoms with Crippen LogP contribution in [0.1, 0.15) is 16.7 Å². The van der Waals surface area contributed by atoms with Gasteiger partial charge in [0.05, 0.1) is 25.6 Å². The third-order valence-electron chi connectivity index (χ3n) is 5.33. The number of hydrogen-bond acceptors (Lipinski definition) is 6. The molecule has 0 radical (unpaired) electrons. The van der Waals surface area contributed by atoms with Crippen LogP contribution in [-0.2, 0) is 19.6 Å². The summed E-state index contributed by atoms with van der Waals surface area (Å²) < 4.78 is 9.22. The fourth-order valence-corrected chi connectivity index (χ4v) is 3.83. The van der Waals surface area contributed by atoms with Crippen molar-refractivity contribution in [2.75, 3.05) is 12.4 Å². The first-order valence-corrected chi connectivity index (χ1v) is 10.9. The number of anilines is 1. The van der Waals surface area contributed by atoms with Crippen LogP contribution in [0.2, 0.25) is 5.02 Å². The Morgan fingerprint density at radius 3 is 2.52 bits per heavy atom. The van der Waals surface area contributed by atoms with Gasteiger partial charge in [0.25, 0.3) is 0 Å². The molecule has 0 atom stereocenters. The molecule has 0 unspecified atom stereocenters. The van der Waals surface area contributed by atoms with Crippen LogP contribution < -0.4 is 10.1 Å². The van der Waals surface area contributed by atoms with Crippen LogP contribution in [0.4, 0.5) is 5.82 Å². The van der Waals surface area contributed by atoms with Gasteiger partial charge in [-0.15, -0.1) is 0 Å². The fourth-order valence-electron chi connectivity index (χ4n) is 3.67. The zero-order valence-corrected chi connectivity index (χ0v) is 18.8. The van der Waals surface area contributed by atoms with E-state index < -0.39 is 0 Å². The number of aromatic nitrogens is 6. The summed E-state index contributed by atoms with van der Waals surface area (Å²) >= 11 is 6.06. The van der Waals surface area contributed by atoms with Crippen molar-refractivity contribution < 1.29 is 4.74 Å². The second-order valence-corrected chi connectivity index (χ2v) is 8.05. The normalized spacial score (nSPS) is 11.1. The van der Waals surface area contributed by atoms with Crippen molar-refractivity contribution in [2.24, 2.45) is 0 Å². The molecule has 0 bridgehead atoms. The molecule has 0 aliphatic rings. The van der Waals surface area contributed by atoms with E-state index in [4.69, 9.17) is 16.3 Å². The second-order valence-electron chi connectivity index (χ2n) is 7.62. The Labute approximate surface area is 195 Å². The molecule has 0 amide bonds. The summed E-state index contributed by atoms with van der Waals surface area (Å²) in [6.07, 6.45) is 7.23. The molecule has 0 aliphatic heterocycles. The van der Waals surface area contributed by atoms with E-state index in [0.29, 0.717) is 23.8 Å². The number of benzene rings is 2. The summed E-state index contributed by atoms with van der Waals surface area (Å²) in [5.41, 5.74) is 3.98. The lowest BCUT2D eigenvalue weighted by Gasteiger charge is -2.10. The molecule has 2 aromatic carbocycles. The number of nitrogens with one attached hydrogen (secondary N) is 1. The van der Waals surface area contributed by atoms with Gasteiger partial charge >= 0.3 is 0 Å². The van der Waals surface area contributed by atoms with Gasteiger partial charge in [0.1, 0.15) is 17.9 Å². The zero-order valence-electron chi connectivity index (χ0n) is 18.0. The summed E-state index contributed by atoms with van der Waals surface area (Å²) in [6.45, 7) is 1.93. The standard InChI is InChI=1S/C24H22ClN7O/c1-33-22-11-20(25)8-7-19(22)12-26-23-21-15-32(30-24(21)28-16-27-23)14-18-5-3-17(4-6-18)13-31-10-2-9-29-31/h2-11,15-16H,12-14H2,1H3,(H,26,27,28,30). The number of nitrogens with zero attached hydrogens (tertiary/aromatic N) is 6. The van der Waals surface area contributed by atoms with Crippen LogP contribution in [0, 0.1) is 0 Å². The zero-order chi connectivity index (χ0) is 22.6. The van der Waals surface area contributed by atoms with Crippen molar-refractivity contribution in [1.29, 1.82) is 0 Å². The van der Waals surface area contributed by atoms with Crippen LogP contribution in [0.25, 0.3) is 11.0 Å². The lowest BCUT2D eigenvalue weighted by atomic mass is 10.1. The molecule has 0 saturated heterocycles. The molecule has 9 heteroatoms. The SMILES string of the molecule is COc1cc(Cl)ccc1CNc1ncnc2nn(Cc3ccc(Cn4cccn4)cc3)cc12. The number of fused-ring (bicyclic) bond motifs is 1. The average Bonchev–Trinajstić information content (AvgIpc) is 3.49. The molecule has 166 valence electrons. The molecule has 0 saturated carbocycles. The highest BCUT2D eigenvalue weighted by Gasteiger charge is 2.10. The first kappa shape index (κ1) is 21.0. The number of ether oxygens (including phenoxy) is 1. The molecule has 3 heterocycles. The van der Waals surface area contributed by atoms with Crippen LogP contribution in [0.3, 0.4) is 0 Å². The maximum Gasteiger partial charge on any atom is 0.186 e. The maximum absolute atomic E-state index is 6.06. The molecule has 5 rings (SSSR count). The third kappa shape index (κ3) is 4.80. The van der Waals surface area contributed by atoms with E-state index in [1.165, 1.54) is 11.9 Å². The van der Waals surface area contributed by atoms with Gasteiger partial charge in [0.2, 0.25) is 0 Å². The smallest absolute Gasteiger partial charge is 0.186 e. The van der Waals surface area contributed by atoms with E-state index in [-0.39, 0.29) is 0 Å². The van der Waals surface area contributed by atoms with Crippen molar-refractivity contribution >= 4 is 28.5 Å². The molecule has 3 aromatic heterocycles. The lowest BCUT2D eigenvalue weighted by molar-refractivity contribution is 0.410. The van der Waals surface area contributed by atoms with Gasteiger partial charge in [-0.1, -0.05) is 41.9 Å². The highest BCUT2D eigenvalue weighted by atomic mass is 35.5. The molecule has 8 nitrogen and oxygen atoms in total. The van der Waals surface area contributed by atoms with Gasteiger partial charge in [-0.2, -0.15) is 10.2 Å². The second kappa shape index (κ2) is 9.30. The minimum absolute atomic E-state index is 0.537. The van der Waals surface area contributed by atoms with E-state index in [1.54, 1.807) is 19.4 Å². The van der Waals surface area contributed by atoms with Crippen LogP contribution >= 0.6 is 11.6 Å². The average molecular weight is 460 g/mol. The van der Waals surface area contributed by atoms with Crippen LogP contribution in [0.5, 0.6) is 5.75 Å². The first-order valence-electron chi connectivity index (χ1n) is 10.5. The highest BCUT2D eigenvalue weighted by molar-refractivity contribution is 6.30. The molecular weight excluding hydrogens is 438 g/mol. The number of rotatable bonds is 8. The van der Waals surface area contributed by atoms with Crippen molar-refractivity contribution in [3.05, 3.63) is 95.2 Å². The van der Waals surface area contributed by atoms with Crippen molar-refractivity contribution in [3.63, 3.8) is 0 Å². The largest absolute Gasteiger partial charge is 0.496 e. The number of hydrogen-bond donors (Lipinski definition) is 1. The Balaban J connectivity index is 1.30. The third-order valence-corrected chi connectivity index (χ3v) is 5.57. The topological polar surface area (TPSA) is 82.7 Å². The predicted octanol–water partition coefficient (Wildman–Crippen LogP) is 4.39. The van der Waals surface area contributed by atoms with Gasteiger partial charge in [-0.25, -0.2) is 9.97 Å². The summed E-state index contributed by atoms with van der Waals surface area (Å²) in [7, 11) is 1.63. The predicted molar refractivity (Wildman–Crippen MR) is 128 cm³/mol. The number of methoxy groups -OCH3 is 1. The number of halogens is 1. The first-order chi connectivity index (χ1) is 16.2. The van der Waals surface area contributed by atoms with E-state index in [0.717, 1.165) is 34.6 Å². The van der Waals surface area contributed by atoms with E-state index in [2.05, 4.69) is 49.7 Å². The van der Waals surface area contributed by atoms with E-state index in [9.17, 15) is 0 Å². The van der Waals surface area contributed by atoms with Gasteiger partial charge in [0, 0.05) is 35.7 Å². The molecule has 0 spiro atoms. The van der Waals surface area contributed by atoms with Crippen molar-refractivity contribution in [2.45, 2.75) is 19.6 Å². The van der Waals surface area contributed by atoms with Gasteiger partial charge < -0.3 is 10.1 Å². The summed E-state index contributed by atoms with van der Waals surface area (Å²) in [6, 6.07) is 16.0. The highest BCUT2D eigenvalue weighted by Crippen LogP contribution is 2.25. The molecule has 0 fully saturated rings. The monoisotopic (exact) mass is 459 g/mol. The maximum atomic E-state index is 6.06. The Bertz CT molecular complexity index is 1360. The van der Waals surface area contributed by atoms with Crippen molar-refractivity contribution in [1.82, 2.24) is 29.5 Å². The summed E-state index contributed by atoms with van der Waals surface area (Å²) in [4.78, 5) is 8.74. The van der Waals surface area contributed by atoms with E-state index in [1.807, 2.05) is 40.0 Å². The van der Waals surface area contributed by atoms with Crippen LogP contribution in [-0.4, -0.2) is 36.6 Å². The van der Waals surface area contributed by atoms with Gasteiger partial charge in [0.15, 0.2) is 5.65 Å². The molecule has 33 heavy (non-hydrogen) atoms. The Morgan fingerprint density at radius 2 is 1.79 bits per heavy atom. The van der Waals surface area contributed by atoms with E-state index >= 15 is 0 Å². The van der Waals surface area contributed by atoms with Gasteiger partial charge in [-0.3, -0.25) is 9.36 Å². The van der Waals surface area contributed by atoms with Gasteiger partial charge in [-0.05, 0) is 29.3 Å². The molecule has 1 N–H and O–H groups in total. The lowest BCUT2D eigenvalue weighted by Crippen LogP contribution is -2.03. The molecule has 5 aromatic rings. The molecular formula is C24H22ClN7O. The summed E-state index contributed by atoms with van der Waals surface area (Å²) in [5, 5.41) is 13.7.